The van der Waals surface area contributed by atoms with Gasteiger partial charge in [-0.3, -0.25) is 9.59 Å². The number of thioether (sulfide) groups is 1. The van der Waals surface area contributed by atoms with Crippen LogP contribution in [0.5, 0.6) is 0 Å². The van der Waals surface area contributed by atoms with Gasteiger partial charge in [0.1, 0.15) is 5.82 Å². The Morgan fingerprint density at radius 3 is 2.76 bits per heavy atom. The Kier molecular flexibility index (Phi) is 6.28. The van der Waals surface area contributed by atoms with Crippen molar-refractivity contribution in [2.45, 2.75) is 41.7 Å². The minimum atomic E-state index is -3.73. The Hall–Kier alpha value is -2.39. The highest BCUT2D eigenvalue weighted by molar-refractivity contribution is 8.00. The number of carbonyl (C=O) groups excluding carboxylic acids is 2. The number of carbonyl (C=O) groups is 2. The largest absolute Gasteiger partial charge is 0.326 e. The summed E-state index contributed by atoms with van der Waals surface area (Å²) in [4.78, 5) is 24.8. The molecule has 0 fully saturated rings. The quantitative estimate of drug-likeness (QED) is 0.745. The summed E-state index contributed by atoms with van der Waals surface area (Å²) in [7, 11) is -3.73. The maximum Gasteiger partial charge on any atom is 0.225 e. The van der Waals surface area contributed by atoms with Crippen molar-refractivity contribution in [2.75, 3.05) is 16.4 Å². The predicted molar refractivity (Wildman–Crippen MR) is 111 cm³/mol. The van der Waals surface area contributed by atoms with Crippen LogP contribution in [0.3, 0.4) is 0 Å². The molecule has 9 heteroatoms. The van der Waals surface area contributed by atoms with Gasteiger partial charge in [-0.05, 0) is 42.8 Å². The number of amides is 2. The zero-order valence-electron chi connectivity index (χ0n) is 16.0. The zero-order chi connectivity index (χ0) is 21.2. The maximum atomic E-state index is 13.6. The smallest absolute Gasteiger partial charge is 0.225 e. The number of nitrogens with one attached hydrogen (secondary N) is 2. The molecule has 29 heavy (non-hydrogen) atoms. The number of halogens is 1. The fourth-order valence-electron chi connectivity index (χ4n) is 2.86. The molecular weight excluding hydrogens is 415 g/mol. The molecule has 0 aromatic heterocycles. The lowest BCUT2D eigenvalue weighted by Crippen LogP contribution is -2.18. The second-order valence-corrected chi connectivity index (χ2v) is 10.5. The summed E-state index contributed by atoms with van der Waals surface area (Å²) < 4.78 is 38.9. The molecule has 0 radical (unpaired) electrons. The van der Waals surface area contributed by atoms with Gasteiger partial charge < -0.3 is 10.6 Å². The molecule has 0 unspecified atom stereocenters. The third kappa shape index (κ3) is 5.36. The lowest BCUT2D eigenvalue weighted by atomic mass is 10.2. The molecular formula is C20H21FN2O4S2. The van der Waals surface area contributed by atoms with E-state index in [9.17, 15) is 22.4 Å². The summed E-state index contributed by atoms with van der Waals surface area (Å²) in [6.45, 7) is 3.54. The maximum absolute atomic E-state index is 13.6. The van der Waals surface area contributed by atoms with Crippen LogP contribution in [0, 0.1) is 12.7 Å². The molecule has 6 nitrogen and oxygen atoms in total. The minimum Gasteiger partial charge on any atom is -0.326 e. The molecule has 3 rings (SSSR count). The Morgan fingerprint density at radius 2 is 2.03 bits per heavy atom. The van der Waals surface area contributed by atoms with Crippen molar-refractivity contribution in [3.8, 4) is 0 Å². The van der Waals surface area contributed by atoms with E-state index in [4.69, 9.17) is 0 Å². The molecule has 0 saturated carbocycles. The number of rotatable bonds is 5. The van der Waals surface area contributed by atoms with Crippen LogP contribution in [0.25, 0.3) is 0 Å². The van der Waals surface area contributed by atoms with Crippen LogP contribution in [0.1, 0.15) is 25.3 Å². The molecule has 2 aromatic rings. The first-order valence-corrected chi connectivity index (χ1v) is 11.6. The number of benzene rings is 2. The number of aryl methyl sites for hydroxylation is 1. The molecule has 154 valence electrons. The molecule has 2 amide bonds. The monoisotopic (exact) mass is 436 g/mol. The van der Waals surface area contributed by atoms with Crippen LogP contribution in [0.2, 0.25) is 0 Å². The van der Waals surface area contributed by atoms with Crippen molar-refractivity contribution in [1.82, 2.24) is 0 Å². The van der Waals surface area contributed by atoms with Crippen molar-refractivity contribution < 1.29 is 22.4 Å². The van der Waals surface area contributed by atoms with Crippen molar-refractivity contribution in [3.05, 3.63) is 47.8 Å². The Balaban J connectivity index is 1.68. The first-order chi connectivity index (χ1) is 13.6. The van der Waals surface area contributed by atoms with Gasteiger partial charge >= 0.3 is 0 Å². The molecule has 0 spiro atoms. The molecule has 1 aliphatic heterocycles. The number of sulfone groups is 1. The molecule has 2 aromatic carbocycles. The third-order valence-corrected chi connectivity index (χ3v) is 7.33. The topological polar surface area (TPSA) is 92.3 Å². The summed E-state index contributed by atoms with van der Waals surface area (Å²) in [5.41, 5.74) is 1.19. The summed E-state index contributed by atoms with van der Waals surface area (Å²) in [6, 6.07) is 8.86. The van der Waals surface area contributed by atoms with Gasteiger partial charge in [-0.2, -0.15) is 0 Å². The van der Waals surface area contributed by atoms with Gasteiger partial charge in [0.15, 0.2) is 9.84 Å². The van der Waals surface area contributed by atoms with E-state index in [2.05, 4.69) is 10.6 Å². The van der Waals surface area contributed by atoms with Crippen LogP contribution in [0.4, 0.5) is 15.8 Å². The fourth-order valence-corrected chi connectivity index (χ4v) is 5.18. The van der Waals surface area contributed by atoms with Gasteiger partial charge in [-0.1, -0.05) is 13.0 Å². The van der Waals surface area contributed by atoms with E-state index in [1.165, 1.54) is 36.0 Å². The first kappa shape index (κ1) is 21.3. The lowest BCUT2D eigenvalue weighted by molar-refractivity contribution is -0.116. The standard InChI is InChI=1S/C20H21FN2O4S2/c1-12-3-4-14(10-16(12)21)22-19(24)7-8-29(26,27)15-5-6-18-17(11-15)23-20(25)9-13(2)28-18/h3-6,10-11,13H,7-9H2,1-2H3,(H,22,24)(H,23,25)/t13-/m1/s1. The highest BCUT2D eigenvalue weighted by atomic mass is 32.2. The van der Waals surface area contributed by atoms with E-state index >= 15 is 0 Å². The van der Waals surface area contributed by atoms with Crippen molar-refractivity contribution in [2.24, 2.45) is 0 Å². The van der Waals surface area contributed by atoms with Crippen LogP contribution in [-0.4, -0.2) is 31.2 Å². The van der Waals surface area contributed by atoms with Gasteiger partial charge in [0.25, 0.3) is 0 Å². The van der Waals surface area contributed by atoms with Gasteiger partial charge in [-0.15, -0.1) is 11.8 Å². The van der Waals surface area contributed by atoms with Gasteiger partial charge in [0.2, 0.25) is 11.8 Å². The third-order valence-electron chi connectivity index (χ3n) is 4.44. The number of hydrogen-bond acceptors (Lipinski definition) is 5. The Morgan fingerprint density at radius 1 is 1.28 bits per heavy atom. The van der Waals surface area contributed by atoms with E-state index in [0.29, 0.717) is 17.7 Å². The van der Waals surface area contributed by atoms with Crippen LogP contribution < -0.4 is 10.6 Å². The Labute approximate surface area is 173 Å². The number of fused-ring (bicyclic) bond motifs is 1. The molecule has 0 saturated heterocycles. The van der Waals surface area contributed by atoms with E-state index in [1.54, 1.807) is 19.1 Å². The minimum absolute atomic E-state index is 0.0425. The summed E-state index contributed by atoms with van der Waals surface area (Å²) in [6.07, 6.45) is 0.0776. The molecule has 2 N–H and O–H groups in total. The normalized spacial score (nSPS) is 16.5. The van der Waals surface area contributed by atoms with Crippen LogP contribution in [-0.2, 0) is 19.4 Å². The molecule has 0 aliphatic carbocycles. The predicted octanol–water partition coefficient (Wildman–Crippen LogP) is 3.76. The second-order valence-electron chi connectivity index (χ2n) is 6.92. The van der Waals surface area contributed by atoms with Crippen molar-refractivity contribution in [1.29, 1.82) is 0 Å². The average Bonchev–Trinajstić information content (AvgIpc) is 2.78. The van der Waals surface area contributed by atoms with Crippen molar-refractivity contribution in [3.63, 3.8) is 0 Å². The zero-order valence-corrected chi connectivity index (χ0v) is 17.6. The van der Waals surface area contributed by atoms with Crippen molar-refractivity contribution >= 4 is 44.8 Å². The Bertz CT molecular complexity index is 1070. The lowest BCUT2D eigenvalue weighted by Gasteiger charge is -2.11. The van der Waals surface area contributed by atoms with Crippen LogP contribution in [0.15, 0.2) is 46.2 Å². The summed E-state index contributed by atoms with van der Waals surface area (Å²) in [5, 5.41) is 5.32. The van der Waals surface area contributed by atoms with Crippen LogP contribution >= 0.6 is 11.8 Å². The molecule has 1 heterocycles. The average molecular weight is 437 g/mol. The fraction of sp³-hybridized carbons (Fsp3) is 0.300. The van der Waals surface area contributed by atoms with E-state index in [1.807, 2.05) is 6.92 Å². The van der Waals surface area contributed by atoms with Gasteiger partial charge in [-0.25, -0.2) is 12.8 Å². The van der Waals surface area contributed by atoms with Gasteiger partial charge in [0, 0.05) is 28.7 Å². The van der Waals surface area contributed by atoms with E-state index in [0.717, 1.165) is 4.90 Å². The summed E-state index contributed by atoms with van der Waals surface area (Å²) >= 11 is 1.50. The first-order valence-electron chi connectivity index (χ1n) is 9.03. The van der Waals surface area contributed by atoms with E-state index in [-0.39, 0.29) is 28.2 Å². The molecule has 0 bridgehead atoms. The highest BCUT2D eigenvalue weighted by Gasteiger charge is 2.23. The highest BCUT2D eigenvalue weighted by Crippen LogP contribution is 2.36. The molecule has 1 atom stereocenters. The number of hydrogen-bond donors (Lipinski definition) is 2. The van der Waals surface area contributed by atoms with Gasteiger partial charge in [0.05, 0.1) is 16.3 Å². The molecule has 1 aliphatic rings. The second kappa shape index (κ2) is 8.54. The summed E-state index contributed by atoms with van der Waals surface area (Å²) in [5.74, 6) is -1.54. The number of anilines is 2. The van der Waals surface area contributed by atoms with E-state index < -0.39 is 27.3 Å². The SMILES string of the molecule is Cc1ccc(NC(=O)CCS(=O)(=O)c2ccc3c(c2)NC(=O)C[C@@H](C)S3)cc1F.